The molecule has 6 aromatic carbocycles. The lowest BCUT2D eigenvalue weighted by Crippen LogP contribution is -2.55. The van der Waals surface area contributed by atoms with Gasteiger partial charge in [0.2, 0.25) is 29.5 Å². The molecule has 652 valence electrons. The van der Waals surface area contributed by atoms with E-state index in [-0.39, 0.29) is 61.2 Å². The molecule has 3 amide bonds. The van der Waals surface area contributed by atoms with Crippen LogP contribution < -0.4 is 43.8 Å². The number of piperazine rings is 3. The van der Waals surface area contributed by atoms with Crippen LogP contribution in [0.2, 0.25) is 0 Å². The summed E-state index contributed by atoms with van der Waals surface area (Å²) in [4.78, 5) is 76.6. The standard InChI is InChI=1S/C36H38N6O2.C34H37N7O2.C33H35N7O/c1-4-33(43)42-18-17-41(21-28(42)13-15-37)35-29-14-16-40(32-10-6-9-27-8-5-7-25(3)34(27)32)22-31(29)39-36(30(35)20-38)44-23-26-12-11-24(2)19-26;1-4-31(42)41-18-17-40(20-25(41)11-14-35)33-27-13-16-39(30-10-6-9-24-8-5-7-23(2)32(24)30)22-29(27)37-34(28(33)19-36)43-26-12-15-38(3)21-26;1-3-30(41)40-19-18-39(21-25(40)12-14-34)32-26-13-17-38(29-11-7-10-24-9-6-8-23(2)31(24)29)22-28(26)36-33(27(32)20-35)37-15-4-5-16-37/h4-10,26,28H,1-2,11-14,16-19,21-23H2,3H3;4-10,25-26H,1,11-13,15-18,20-22H2,2-3H3;3,6-11,25H,1,4-5,12-13,15-19,21-22H2,2H3/t26-,28+;25-,26?;25-/m100/s1. The summed E-state index contributed by atoms with van der Waals surface area (Å²) in [6.45, 7) is 34.3. The minimum atomic E-state index is -0.303. The van der Waals surface area contributed by atoms with E-state index in [2.05, 4.69) is 239 Å². The number of carbonyl (C=O) groups is 3. The Kier molecular flexibility index (Phi) is 26.6. The number of nitrogens with zero attached hydrogens (tertiary/aromatic N) is 20. The lowest BCUT2D eigenvalue weighted by atomic mass is 9.95. The van der Waals surface area contributed by atoms with Gasteiger partial charge in [0.1, 0.15) is 46.8 Å². The predicted octanol–water partition coefficient (Wildman–Crippen LogP) is 14.7. The van der Waals surface area contributed by atoms with Gasteiger partial charge in [-0.05, 0) is 161 Å². The van der Waals surface area contributed by atoms with E-state index in [4.69, 9.17) is 24.4 Å². The lowest BCUT2D eigenvalue weighted by molar-refractivity contribution is -0.129. The van der Waals surface area contributed by atoms with Gasteiger partial charge in [-0.3, -0.25) is 14.4 Å². The fourth-order valence-electron chi connectivity index (χ4n) is 21.0. The molecule has 1 unspecified atom stereocenters. The number of hydrogen-bond acceptors (Lipinski definition) is 22. The zero-order valence-corrected chi connectivity index (χ0v) is 74.0. The molecule has 9 aliphatic rings. The molecule has 11 heterocycles. The SMILES string of the molecule is C=CC(=O)N1CCN(c2c(C#N)c(N3CCCC3)nc3c2CCN(c2cccc4cccc(C)c24)C3)C[C@@H]1CC#N.C=CC(=O)N1CCN(c2c(C#N)c(OC3CCN(C)C3)nc3c2CCN(c2cccc4cccc(C)c24)C3)C[C@@H]1CC#N.C=CC(=O)N1CCN(c2c(C#N)c(OC[C@@H]3CCC(=C)C3)nc3c2CCN(c2cccc4cccc(C)c24)C3)C[C@@H]1CC#N. The minimum absolute atomic E-state index is 0.0377. The van der Waals surface area contributed by atoms with Gasteiger partial charge in [0.15, 0.2) is 0 Å². The van der Waals surface area contributed by atoms with Crippen LogP contribution in [0.5, 0.6) is 11.8 Å². The van der Waals surface area contributed by atoms with Crippen LogP contribution in [0, 0.1) is 94.7 Å². The number of likely N-dealkylation sites (N-methyl/N-ethyl adjacent to an activating group) is 1. The molecule has 6 fully saturated rings. The smallest absolute Gasteiger partial charge is 0.246 e. The van der Waals surface area contributed by atoms with Gasteiger partial charge in [-0.1, -0.05) is 123 Å². The number of likely N-dealkylation sites (tertiary alicyclic amines) is 1. The van der Waals surface area contributed by atoms with Crippen LogP contribution in [0.25, 0.3) is 32.3 Å². The van der Waals surface area contributed by atoms with E-state index in [1.165, 1.54) is 89.9 Å². The van der Waals surface area contributed by atoms with Crippen molar-refractivity contribution in [1.29, 1.82) is 31.6 Å². The normalized spacial score (nSPS) is 19.6. The number of allylic oxidation sites excluding steroid dienone is 1. The third-order valence-electron chi connectivity index (χ3n) is 27.2. The maximum atomic E-state index is 12.6. The highest BCUT2D eigenvalue weighted by molar-refractivity contribution is 6.00. The van der Waals surface area contributed by atoms with Crippen molar-refractivity contribution in [2.75, 3.05) is 153 Å². The van der Waals surface area contributed by atoms with Gasteiger partial charge < -0.3 is 63.4 Å². The van der Waals surface area contributed by atoms with Gasteiger partial charge >= 0.3 is 0 Å². The highest BCUT2D eigenvalue weighted by Gasteiger charge is 2.41. The van der Waals surface area contributed by atoms with Crippen LogP contribution in [0.15, 0.2) is 159 Å². The zero-order chi connectivity index (χ0) is 89.4. The first-order valence-corrected chi connectivity index (χ1v) is 45.0. The summed E-state index contributed by atoms with van der Waals surface area (Å²) < 4.78 is 12.9. The minimum Gasteiger partial charge on any atom is -0.476 e. The highest BCUT2D eigenvalue weighted by atomic mass is 16.5. The number of amides is 3. The molecule has 5 atom stereocenters. The van der Waals surface area contributed by atoms with Crippen molar-refractivity contribution in [3.05, 3.63) is 226 Å². The van der Waals surface area contributed by atoms with Crippen LogP contribution in [-0.2, 0) is 53.3 Å². The maximum Gasteiger partial charge on any atom is 0.246 e. The van der Waals surface area contributed by atoms with Crippen molar-refractivity contribution in [2.45, 2.75) is 142 Å². The molecule has 0 bridgehead atoms. The zero-order valence-electron chi connectivity index (χ0n) is 74.0. The van der Waals surface area contributed by atoms with Gasteiger partial charge in [-0.2, -0.15) is 31.6 Å². The summed E-state index contributed by atoms with van der Waals surface area (Å²) in [5.41, 5.74) is 18.7. The first kappa shape index (κ1) is 87.5. The summed E-state index contributed by atoms with van der Waals surface area (Å²) >= 11 is 0. The maximum absolute atomic E-state index is 12.6. The van der Waals surface area contributed by atoms with Crippen LogP contribution in [0.4, 0.5) is 39.9 Å². The van der Waals surface area contributed by atoms with E-state index >= 15 is 0 Å². The van der Waals surface area contributed by atoms with Crippen LogP contribution in [-0.4, -0.2) is 195 Å². The molecule has 128 heavy (non-hydrogen) atoms. The number of fused-ring (bicyclic) bond motifs is 6. The first-order valence-electron chi connectivity index (χ1n) is 45.0. The van der Waals surface area contributed by atoms with E-state index in [1.807, 2.05) is 0 Å². The van der Waals surface area contributed by atoms with Crippen molar-refractivity contribution in [2.24, 2.45) is 5.92 Å². The molecule has 9 aromatic rings. The Labute approximate surface area is 750 Å². The Hall–Kier alpha value is -14.0. The molecule has 18 rings (SSSR count). The summed E-state index contributed by atoms with van der Waals surface area (Å²) in [5.74, 6) is 1.39. The van der Waals surface area contributed by atoms with E-state index < -0.39 is 0 Å². The molecule has 8 aliphatic heterocycles. The summed E-state index contributed by atoms with van der Waals surface area (Å²) in [6, 6.07) is 51.9. The van der Waals surface area contributed by atoms with Gasteiger partial charge in [0.05, 0.1) is 116 Å². The second-order valence-electron chi connectivity index (χ2n) is 35.2. The Morgan fingerprint density at radius 1 is 0.438 bits per heavy atom. The van der Waals surface area contributed by atoms with Crippen molar-refractivity contribution in [1.82, 2.24) is 34.6 Å². The van der Waals surface area contributed by atoms with E-state index in [0.29, 0.717) is 126 Å². The van der Waals surface area contributed by atoms with Crippen LogP contribution in [0.3, 0.4) is 0 Å². The second kappa shape index (κ2) is 38.9. The molecular weight excluding hydrogens is 1600 g/mol. The van der Waals surface area contributed by atoms with E-state index in [1.54, 1.807) is 14.7 Å². The highest BCUT2D eigenvalue weighted by Crippen LogP contribution is 2.46. The predicted molar refractivity (Wildman–Crippen MR) is 502 cm³/mol. The monoisotopic (exact) mass is 1710 g/mol. The molecule has 1 aliphatic carbocycles. The van der Waals surface area contributed by atoms with Gasteiger partial charge in [0, 0.05) is 155 Å². The molecule has 5 saturated heterocycles. The van der Waals surface area contributed by atoms with E-state index in [9.17, 15) is 46.0 Å². The third kappa shape index (κ3) is 17.7. The van der Waals surface area contributed by atoms with Crippen molar-refractivity contribution in [3.63, 3.8) is 0 Å². The largest absolute Gasteiger partial charge is 0.476 e. The molecule has 0 N–H and O–H groups in total. The summed E-state index contributed by atoms with van der Waals surface area (Å²) in [5, 5.41) is 67.7. The Bertz CT molecular complexity index is 6120. The molecule has 3 aromatic heterocycles. The Balaban J connectivity index is 0.000000141. The van der Waals surface area contributed by atoms with Crippen molar-refractivity contribution in [3.8, 4) is 48.2 Å². The second-order valence-corrected chi connectivity index (χ2v) is 35.2. The quantitative estimate of drug-likeness (QED) is 0.0569. The first-order chi connectivity index (χ1) is 62.4. The average molecular weight is 1710 g/mol. The third-order valence-corrected chi connectivity index (χ3v) is 27.2. The fraction of sp³-hybridized carbons (Fsp3) is 0.398. The van der Waals surface area contributed by atoms with Gasteiger partial charge in [0.25, 0.3) is 0 Å². The molecule has 25 heteroatoms. The van der Waals surface area contributed by atoms with Crippen molar-refractivity contribution >= 4 is 90.0 Å². The molecule has 25 nitrogen and oxygen atoms in total. The van der Waals surface area contributed by atoms with Gasteiger partial charge in [-0.25, -0.2) is 15.0 Å². The number of hydrogen-bond donors (Lipinski definition) is 0. The van der Waals surface area contributed by atoms with Crippen LogP contribution >= 0.6 is 0 Å². The Morgan fingerprint density at radius 3 is 1.19 bits per heavy atom. The molecular formula is C103H110N20O5. The number of nitriles is 6. The number of benzene rings is 6. The van der Waals surface area contributed by atoms with Gasteiger partial charge in [-0.15, -0.1) is 0 Å². The summed E-state index contributed by atoms with van der Waals surface area (Å²) in [6.07, 6.45) is 12.8. The molecule has 0 radical (unpaired) electrons. The fourth-order valence-corrected chi connectivity index (χ4v) is 21.0. The number of anilines is 7. The lowest BCUT2D eigenvalue weighted by Gasteiger charge is -2.43. The topological polar surface area (TPSA) is 287 Å². The molecule has 1 saturated carbocycles. The number of pyridine rings is 3. The Morgan fingerprint density at radius 2 is 0.820 bits per heavy atom. The average Bonchev–Trinajstić information content (AvgIpc) is 1.03. The van der Waals surface area contributed by atoms with E-state index in [0.717, 1.165) is 154 Å². The number of aryl methyl sites for hydroxylation is 3. The van der Waals surface area contributed by atoms with Crippen LogP contribution in [0.1, 0.15) is 125 Å². The number of rotatable bonds is 18. The summed E-state index contributed by atoms with van der Waals surface area (Å²) in [7, 11) is 2.07. The number of ether oxygens (including phenoxy) is 2. The molecule has 0 spiro atoms. The number of carbonyl (C=O) groups excluding carboxylic acids is 3. The van der Waals surface area contributed by atoms with Crippen molar-refractivity contribution < 1.29 is 23.9 Å². The number of aromatic nitrogens is 3.